The summed E-state index contributed by atoms with van der Waals surface area (Å²) in [4.78, 5) is 20.2. The third kappa shape index (κ3) is 3.41. The normalized spacial score (nSPS) is 17.3. The van der Waals surface area contributed by atoms with Gasteiger partial charge in [0.1, 0.15) is 11.9 Å². The van der Waals surface area contributed by atoms with Crippen LogP contribution in [0.5, 0.6) is 0 Å². The number of aromatic amines is 1. The molecule has 4 heterocycles. The maximum absolute atomic E-state index is 15.4. The number of amides is 1. The van der Waals surface area contributed by atoms with Crippen molar-refractivity contribution in [3.05, 3.63) is 59.9 Å². The lowest BCUT2D eigenvalue weighted by atomic mass is 10.0. The number of hydrogen-bond acceptors (Lipinski definition) is 6. The molecular weight excluding hydrogens is 466 g/mol. The largest absolute Gasteiger partial charge is 0.320 e. The predicted molar refractivity (Wildman–Crippen MR) is 122 cm³/mol. The molecule has 1 fully saturated rings. The Balaban J connectivity index is 1.40. The summed E-state index contributed by atoms with van der Waals surface area (Å²) in [6.45, 7) is 0. The van der Waals surface area contributed by atoms with Crippen LogP contribution in [0.2, 0.25) is 5.02 Å². The van der Waals surface area contributed by atoms with Gasteiger partial charge in [-0.15, -0.1) is 0 Å². The van der Waals surface area contributed by atoms with E-state index in [0.717, 1.165) is 0 Å². The second kappa shape index (κ2) is 7.73. The molecule has 1 saturated carbocycles. The van der Waals surface area contributed by atoms with Gasteiger partial charge in [0.2, 0.25) is 11.9 Å². The van der Waals surface area contributed by atoms with E-state index in [0.29, 0.717) is 33.4 Å². The zero-order valence-electron chi connectivity index (χ0n) is 17.3. The van der Waals surface area contributed by atoms with E-state index in [4.69, 9.17) is 11.6 Å². The molecule has 34 heavy (non-hydrogen) atoms. The van der Waals surface area contributed by atoms with Crippen LogP contribution in [0.3, 0.4) is 0 Å². The van der Waals surface area contributed by atoms with Gasteiger partial charge < -0.3 is 10.6 Å². The molecule has 0 unspecified atom stereocenters. The SMILES string of the molecule is O=C(Nc1cc2cc(-c3c(Cl)c(F)c(Nc4ncccn4)c4[nH]ncc34)ccn2n1)[C@@H]1C[C@@H]1F. The summed E-state index contributed by atoms with van der Waals surface area (Å²) in [6.07, 6.45) is 5.43. The molecule has 12 heteroatoms. The van der Waals surface area contributed by atoms with Crippen LogP contribution < -0.4 is 10.6 Å². The fourth-order valence-electron chi connectivity index (χ4n) is 3.85. The highest BCUT2D eigenvalue weighted by Crippen LogP contribution is 2.42. The molecule has 5 aromatic rings. The van der Waals surface area contributed by atoms with Crippen molar-refractivity contribution < 1.29 is 13.6 Å². The molecule has 1 aliphatic carbocycles. The Morgan fingerprint density at radius 2 is 2.06 bits per heavy atom. The van der Waals surface area contributed by atoms with Crippen LogP contribution in [0.4, 0.5) is 26.2 Å². The van der Waals surface area contributed by atoms with Gasteiger partial charge in [-0.05, 0) is 30.2 Å². The Morgan fingerprint density at radius 1 is 1.26 bits per heavy atom. The standard InChI is InChI=1S/C22H15ClF2N8O/c23-17-16(13-9-28-31-19(13)20(18(17)25)30-22-26-3-1-4-27-22)10-2-5-33-11(6-10)7-15(32-33)29-21(34)12-8-14(12)24/h1-7,9,12,14H,8H2,(H,28,31)(H,26,27,30)(H,29,32,34)/t12-,14+/m1/s1. The number of halogens is 3. The second-order valence-electron chi connectivity index (χ2n) is 7.90. The van der Waals surface area contributed by atoms with Gasteiger partial charge in [0.15, 0.2) is 11.6 Å². The Morgan fingerprint density at radius 3 is 2.82 bits per heavy atom. The first kappa shape index (κ1) is 20.5. The Kier molecular flexibility index (Phi) is 4.66. The number of carbonyl (C=O) groups is 1. The van der Waals surface area contributed by atoms with Gasteiger partial charge >= 0.3 is 0 Å². The summed E-state index contributed by atoms with van der Waals surface area (Å²) in [5.41, 5.74) is 2.17. The third-order valence-electron chi connectivity index (χ3n) is 5.65. The Bertz CT molecular complexity index is 1570. The molecule has 0 radical (unpaired) electrons. The lowest BCUT2D eigenvalue weighted by Crippen LogP contribution is -2.15. The van der Waals surface area contributed by atoms with Gasteiger partial charge in [-0.1, -0.05) is 11.6 Å². The van der Waals surface area contributed by atoms with E-state index in [9.17, 15) is 9.18 Å². The number of pyridine rings is 1. The lowest BCUT2D eigenvalue weighted by molar-refractivity contribution is -0.117. The lowest BCUT2D eigenvalue weighted by Gasteiger charge is -2.13. The topological polar surface area (TPSA) is 113 Å². The smallest absolute Gasteiger partial charge is 0.231 e. The minimum Gasteiger partial charge on any atom is -0.320 e. The van der Waals surface area contributed by atoms with Gasteiger partial charge in [-0.25, -0.2) is 23.3 Å². The number of rotatable bonds is 5. The number of benzene rings is 1. The number of anilines is 3. The van der Waals surface area contributed by atoms with E-state index >= 15 is 4.39 Å². The molecule has 4 aromatic heterocycles. The summed E-state index contributed by atoms with van der Waals surface area (Å²) in [6, 6.07) is 6.79. The van der Waals surface area contributed by atoms with Crippen LogP contribution in [-0.4, -0.2) is 41.9 Å². The molecule has 3 N–H and O–H groups in total. The van der Waals surface area contributed by atoms with E-state index in [2.05, 4.69) is 35.9 Å². The molecule has 9 nitrogen and oxygen atoms in total. The summed E-state index contributed by atoms with van der Waals surface area (Å²) >= 11 is 6.50. The van der Waals surface area contributed by atoms with Gasteiger partial charge in [-0.2, -0.15) is 10.2 Å². The molecule has 0 aliphatic heterocycles. The molecule has 1 aromatic carbocycles. The number of fused-ring (bicyclic) bond motifs is 2. The monoisotopic (exact) mass is 480 g/mol. The molecule has 2 atom stereocenters. The summed E-state index contributed by atoms with van der Waals surface area (Å²) in [5, 5.41) is 17.1. The Hall–Kier alpha value is -4.12. The number of nitrogens with zero attached hydrogens (tertiary/aromatic N) is 5. The van der Waals surface area contributed by atoms with E-state index in [1.54, 1.807) is 41.2 Å². The maximum Gasteiger partial charge on any atom is 0.231 e. The van der Waals surface area contributed by atoms with Gasteiger partial charge in [0.05, 0.1) is 28.2 Å². The van der Waals surface area contributed by atoms with Crippen LogP contribution in [-0.2, 0) is 4.79 Å². The molecule has 6 rings (SSSR count). The van der Waals surface area contributed by atoms with Crippen LogP contribution in [0.1, 0.15) is 6.42 Å². The van der Waals surface area contributed by atoms with Crippen LogP contribution >= 0.6 is 11.6 Å². The van der Waals surface area contributed by atoms with Gasteiger partial charge in [-0.3, -0.25) is 9.89 Å². The molecular formula is C22H15ClF2N8O. The van der Waals surface area contributed by atoms with Crippen LogP contribution in [0.25, 0.3) is 27.5 Å². The second-order valence-corrected chi connectivity index (χ2v) is 8.27. The quantitative estimate of drug-likeness (QED) is 0.341. The summed E-state index contributed by atoms with van der Waals surface area (Å²) in [7, 11) is 0. The van der Waals surface area contributed by atoms with Crippen molar-refractivity contribution in [1.82, 2.24) is 29.8 Å². The predicted octanol–water partition coefficient (Wildman–Crippen LogP) is 4.50. The van der Waals surface area contributed by atoms with E-state index < -0.39 is 23.8 Å². The van der Waals surface area contributed by atoms with Crippen LogP contribution in [0.15, 0.2) is 49.1 Å². The van der Waals surface area contributed by atoms with E-state index in [1.807, 2.05) is 0 Å². The highest BCUT2D eigenvalue weighted by atomic mass is 35.5. The highest BCUT2D eigenvalue weighted by Gasteiger charge is 2.43. The molecule has 0 spiro atoms. The average molecular weight is 481 g/mol. The first-order valence-corrected chi connectivity index (χ1v) is 10.7. The number of carbonyl (C=O) groups excluding carboxylic acids is 1. The van der Waals surface area contributed by atoms with Crippen molar-refractivity contribution in [2.24, 2.45) is 5.92 Å². The van der Waals surface area contributed by atoms with Crippen molar-refractivity contribution in [2.45, 2.75) is 12.6 Å². The zero-order valence-corrected chi connectivity index (χ0v) is 18.0. The first-order chi connectivity index (χ1) is 16.5. The molecule has 1 amide bonds. The number of hydrogen-bond donors (Lipinski definition) is 3. The number of aromatic nitrogens is 6. The molecule has 170 valence electrons. The third-order valence-corrected chi connectivity index (χ3v) is 6.00. The Labute approximate surface area is 195 Å². The number of nitrogens with one attached hydrogen (secondary N) is 3. The van der Waals surface area contributed by atoms with Crippen molar-refractivity contribution in [1.29, 1.82) is 0 Å². The van der Waals surface area contributed by atoms with Crippen molar-refractivity contribution in [3.63, 3.8) is 0 Å². The van der Waals surface area contributed by atoms with Crippen molar-refractivity contribution in [3.8, 4) is 11.1 Å². The molecule has 0 saturated heterocycles. The number of H-pyrrole nitrogens is 1. The van der Waals surface area contributed by atoms with Gasteiger partial charge in [0.25, 0.3) is 0 Å². The highest BCUT2D eigenvalue weighted by molar-refractivity contribution is 6.36. The van der Waals surface area contributed by atoms with Gasteiger partial charge in [0, 0.05) is 35.6 Å². The number of alkyl halides is 1. The maximum atomic E-state index is 15.4. The minimum atomic E-state index is -1.09. The van der Waals surface area contributed by atoms with Crippen LogP contribution in [0, 0.1) is 11.7 Å². The van der Waals surface area contributed by atoms with E-state index in [1.165, 1.54) is 12.4 Å². The van der Waals surface area contributed by atoms with E-state index in [-0.39, 0.29) is 23.1 Å². The first-order valence-electron chi connectivity index (χ1n) is 10.3. The fourth-order valence-corrected chi connectivity index (χ4v) is 4.16. The summed E-state index contributed by atoms with van der Waals surface area (Å²) in [5.74, 6) is -1.19. The summed E-state index contributed by atoms with van der Waals surface area (Å²) < 4.78 is 30.1. The average Bonchev–Trinajstić information content (AvgIpc) is 3.19. The van der Waals surface area contributed by atoms with Crippen molar-refractivity contribution >= 4 is 51.4 Å². The molecule has 1 aliphatic rings. The minimum absolute atomic E-state index is 0.0779. The van der Waals surface area contributed by atoms with Crippen molar-refractivity contribution in [2.75, 3.05) is 10.6 Å². The molecule has 0 bridgehead atoms. The zero-order chi connectivity index (χ0) is 23.4. The fraction of sp³-hybridized carbons (Fsp3) is 0.136.